The molecule has 0 spiro atoms. The number of rotatable bonds is 6. The van der Waals surface area contributed by atoms with E-state index in [2.05, 4.69) is 27.4 Å². The van der Waals surface area contributed by atoms with Gasteiger partial charge in [0.2, 0.25) is 0 Å². The third-order valence-electron chi connectivity index (χ3n) is 6.82. The number of fused-ring (bicyclic) bond motifs is 4. The monoisotopic (exact) mass is 482 g/mol. The molecular weight excluding hydrogens is 456 g/mol. The lowest BCUT2D eigenvalue weighted by molar-refractivity contribution is 0.413. The molecule has 0 saturated heterocycles. The van der Waals surface area contributed by atoms with Crippen LogP contribution in [0.1, 0.15) is 28.0 Å². The molecule has 0 aliphatic heterocycles. The van der Waals surface area contributed by atoms with Crippen molar-refractivity contribution < 1.29 is 4.74 Å². The van der Waals surface area contributed by atoms with Gasteiger partial charge in [0.15, 0.2) is 0 Å². The second kappa shape index (κ2) is 9.24. The highest BCUT2D eigenvalue weighted by Crippen LogP contribution is 2.34. The maximum atomic E-state index is 13.5. The number of pyridine rings is 1. The van der Waals surface area contributed by atoms with Crippen LogP contribution in [-0.4, -0.2) is 27.7 Å². The van der Waals surface area contributed by atoms with E-state index >= 15 is 0 Å². The number of aromatic nitrogens is 3. The Morgan fingerprint density at radius 2 is 2.03 bits per heavy atom. The Labute approximate surface area is 207 Å². The van der Waals surface area contributed by atoms with Crippen LogP contribution in [0.25, 0.3) is 21.1 Å². The van der Waals surface area contributed by atoms with Gasteiger partial charge in [0.25, 0.3) is 5.56 Å². The fourth-order valence-corrected chi connectivity index (χ4v) is 6.27. The lowest BCUT2D eigenvalue weighted by Crippen LogP contribution is -2.33. The number of hydrogen-bond donors (Lipinski definition) is 1. The zero-order valence-electron chi connectivity index (χ0n) is 19.5. The second-order valence-corrected chi connectivity index (χ2v) is 10.1. The zero-order chi connectivity index (χ0) is 23.8. The molecule has 0 saturated carbocycles. The lowest BCUT2D eigenvalue weighted by atomic mass is 9.93. The van der Waals surface area contributed by atoms with Gasteiger partial charge in [-0.25, -0.2) is 4.98 Å². The Morgan fingerprint density at radius 1 is 1.14 bits per heavy atom. The Hall–Kier alpha value is -3.55. The van der Waals surface area contributed by atoms with E-state index in [0.29, 0.717) is 12.6 Å². The number of ether oxygens (including phenoxy) is 1. The molecule has 1 atom stereocenters. The first-order chi connectivity index (χ1) is 17.2. The standard InChI is InChI=1S/C28H26N4O2S/c1-34-22-9-2-5-18(13-22)15-30-21-10-11-23-24(14-21)35-27-25(23)28(33)32(17-31-27)16-20-7-3-6-19-8-4-12-29-26(19)20/h2-9,12-13,17,21,30H,10-11,14-16H2,1H3. The topological polar surface area (TPSA) is 69.0 Å². The van der Waals surface area contributed by atoms with Crippen molar-refractivity contribution in [1.29, 1.82) is 0 Å². The Kier molecular flexibility index (Phi) is 5.80. The van der Waals surface area contributed by atoms with Crippen LogP contribution >= 0.6 is 11.3 Å². The summed E-state index contributed by atoms with van der Waals surface area (Å²) in [5, 5.41) is 5.57. The highest BCUT2D eigenvalue weighted by molar-refractivity contribution is 7.18. The summed E-state index contributed by atoms with van der Waals surface area (Å²) in [5.74, 6) is 0.876. The normalized spacial score (nSPS) is 15.4. The Bertz CT molecular complexity index is 1580. The number of hydrogen-bond acceptors (Lipinski definition) is 6. The van der Waals surface area contributed by atoms with Crippen molar-refractivity contribution in [1.82, 2.24) is 19.9 Å². The van der Waals surface area contributed by atoms with Gasteiger partial charge in [0.1, 0.15) is 10.6 Å². The van der Waals surface area contributed by atoms with Gasteiger partial charge in [-0.3, -0.25) is 14.3 Å². The minimum absolute atomic E-state index is 0.0447. The maximum Gasteiger partial charge on any atom is 0.262 e. The van der Waals surface area contributed by atoms with E-state index in [1.807, 2.05) is 42.5 Å². The van der Waals surface area contributed by atoms with Crippen molar-refractivity contribution in [3.63, 3.8) is 0 Å². The van der Waals surface area contributed by atoms with Crippen LogP contribution in [0.2, 0.25) is 0 Å². The molecule has 6 rings (SSSR count). The number of nitrogens with zero attached hydrogens (tertiary/aromatic N) is 3. The van der Waals surface area contributed by atoms with Crippen molar-refractivity contribution >= 4 is 32.5 Å². The van der Waals surface area contributed by atoms with Gasteiger partial charge in [-0.1, -0.05) is 36.4 Å². The molecule has 3 heterocycles. The summed E-state index contributed by atoms with van der Waals surface area (Å²) in [6.45, 7) is 1.26. The third kappa shape index (κ3) is 4.22. The van der Waals surface area contributed by atoms with Crippen LogP contribution in [0.3, 0.4) is 0 Å². The van der Waals surface area contributed by atoms with Gasteiger partial charge in [-0.15, -0.1) is 11.3 Å². The highest BCUT2D eigenvalue weighted by atomic mass is 32.1. The molecule has 2 aromatic carbocycles. The van der Waals surface area contributed by atoms with Crippen molar-refractivity contribution in [2.45, 2.75) is 38.4 Å². The number of para-hydroxylation sites is 1. The molecular formula is C28H26N4O2S. The van der Waals surface area contributed by atoms with Crippen LogP contribution in [0.5, 0.6) is 5.75 Å². The molecule has 35 heavy (non-hydrogen) atoms. The maximum absolute atomic E-state index is 13.5. The molecule has 0 bridgehead atoms. The van der Waals surface area contributed by atoms with Crippen LogP contribution < -0.4 is 15.6 Å². The molecule has 1 aliphatic rings. The number of methoxy groups -OCH3 is 1. The quantitative estimate of drug-likeness (QED) is 0.380. The number of benzene rings is 2. The minimum atomic E-state index is 0.0447. The molecule has 0 amide bonds. The SMILES string of the molecule is COc1cccc(CNC2CCc3c(sc4ncn(Cc5cccc6cccnc56)c(=O)c34)C2)c1. The van der Waals surface area contributed by atoms with Gasteiger partial charge in [0, 0.05) is 29.0 Å². The largest absolute Gasteiger partial charge is 0.497 e. The molecule has 3 aromatic heterocycles. The van der Waals surface area contributed by atoms with Gasteiger partial charge in [-0.05, 0) is 54.2 Å². The fraction of sp³-hybridized carbons (Fsp3) is 0.250. The van der Waals surface area contributed by atoms with E-state index in [9.17, 15) is 4.79 Å². The summed E-state index contributed by atoms with van der Waals surface area (Å²) in [5.41, 5.74) is 4.39. The van der Waals surface area contributed by atoms with Crippen LogP contribution in [0.4, 0.5) is 0 Å². The summed E-state index contributed by atoms with van der Waals surface area (Å²) < 4.78 is 7.07. The minimum Gasteiger partial charge on any atom is -0.497 e. The van der Waals surface area contributed by atoms with E-state index in [-0.39, 0.29) is 5.56 Å². The van der Waals surface area contributed by atoms with Crippen molar-refractivity contribution in [3.05, 3.63) is 99.0 Å². The van der Waals surface area contributed by atoms with Crippen molar-refractivity contribution in [2.75, 3.05) is 7.11 Å². The molecule has 1 N–H and O–H groups in total. The van der Waals surface area contributed by atoms with E-state index in [4.69, 9.17) is 4.74 Å². The van der Waals surface area contributed by atoms with E-state index in [0.717, 1.165) is 58.2 Å². The van der Waals surface area contributed by atoms with Crippen molar-refractivity contribution in [3.8, 4) is 5.75 Å². The first-order valence-corrected chi connectivity index (χ1v) is 12.7. The summed E-state index contributed by atoms with van der Waals surface area (Å²) in [6, 6.07) is 18.6. The third-order valence-corrected chi connectivity index (χ3v) is 7.98. The van der Waals surface area contributed by atoms with Gasteiger partial charge < -0.3 is 10.1 Å². The first kappa shape index (κ1) is 21.9. The van der Waals surface area contributed by atoms with Crippen LogP contribution in [0, 0.1) is 0 Å². The van der Waals surface area contributed by atoms with Crippen LogP contribution in [-0.2, 0) is 25.9 Å². The second-order valence-electron chi connectivity index (χ2n) is 9.03. The van der Waals surface area contributed by atoms with Crippen molar-refractivity contribution in [2.24, 2.45) is 0 Å². The fourth-order valence-electron chi connectivity index (χ4n) is 5.01. The average Bonchev–Trinajstić information content (AvgIpc) is 3.28. The van der Waals surface area contributed by atoms with Gasteiger partial charge >= 0.3 is 0 Å². The molecule has 0 fully saturated rings. The van der Waals surface area contributed by atoms with E-state index < -0.39 is 0 Å². The summed E-state index contributed by atoms with van der Waals surface area (Å²) >= 11 is 1.67. The molecule has 6 nitrogen and oxygen atoms in total. The predicted octanol–water partition coefficient (Wildman–Crippen LogP) is 4.71. The zero-order valence-corrected chi connectivity index (χ0v) is 20.3. The highest BCUT2D eigenvalue weighted by Gasteiger charge is 2.25. The molecule has 0 radical (unpaired) electrons. The van der Waals surface area contributed by atoms with E-state index in [1.165, 1.54) is 16.0 Å². The van der Waals surface area contributed by atoms with Crippen LogP contribution in [0.15, 0.2) is 71.9 Å². The summed E-state index contributed by atoms with van der Waals surface area (Å²) in [7, 11) is 1.69. The smallest absolute Gasteiger partial charge is 0.262 e. The van der Waals surface area contributed by atoms with E-state index in [1.54, 1.807) is 35.5 Å². The lowest BCUT2D eigenvalue weighted by Gasteiger charge is -2.23. The predicted molar refractivity (Wildman–Crippen MR) is 140 cm³/mol. The Morgan fingerprint density at radius 3 is 2.94 bits per heavy atom. The molecule has 1 unspecified atom stereocenters. The molecule has 7 heteroatoms. The summed E-state index contributed by atoms with van der Waals surface area (Å²) in [4.78, 5) is 24.9. The van der Waals surface area contributed by atoms with Gasteiger partial charge in [-0.2, -0.15) is 0 Å². The van der Waals surface area contributed by atoms with Gasteiger partial charge in [0.05, 0.1) is 30.9 Å². The average molecular weight is 483 g/mol. The Balaban J connectivity index is 1.24. The number of nitrogens with one attached hydrogen (secondary N) is 1. The molecule has 176 valence electrons. The molecule has 5 aromatic rings. The number of aryl methyl sites for hydroxylation is 1. The summed E-state index contributed by atoms with van der Waals surface area (Å²) in [6.07, 6.45) is 6.30. The molecule has 1 aliphatic carbocycles. The number of thiophene rings is 1. The first-order valence-electron chi connectivity index (χ1n) is 11.9.